The van der Waals surface area contributed by atoms with Crippen molar-refractivity contribution in [3.8, 4) is 11.5 Å². The highest BCUT2D eigenvalue weighted by Crippen LogP contribution is 2.34. The van der Waals surface area contributed by atoms with E-state index in [1.165, 1.54) is 0 Å². The summed E-state index contributed by atoms with van der Waals surface area (Å²) in [6.07, 6.45) is 0.859. The Kier molecular flexibility index (Phi) is 5.98. The van der Waals surface area contributed by atoms with Crippen LogP contribution in [-0.2, 0) is 9.59 Å². The van der Waals surface area contributed by atoms with Crippen LogP contribution in [0.25, 0.3) is 0 Å². The predicted octanol–water partition coefficient (Wildman–Crippen LogP) is 1.09. The third-order valence-corrected chi connectivity index (χ3v) is 4.60. The predicted molar refractivity (Wildman–Crippen MR) is 97.2 cm³/mol. The fraction of sp³-hybridized carbons (Fsp3) is 0.579. The van der Waals surface area contributed by atoms with Gasteiger partial charge in [-0.3, -0.25) is 14.5 Å². The van der Waals surface area contributed by atoms with Crippen molar-refractivity contribution in [3.63, 3.8) is 0 Å². The number of hydrogen-bond donors (Lipinski definition) is 2. The normalized spacial score (nSPS) is 18.8. The second-order valence-electron chi connectivity index (χ2n) is 7.11. The van der Waals surface area contributed by atoms with E-state index in [1.54, 1.807) is 0 Å². The van der Waals surface area contributed by atoms with Crippen LogP contribution >= 0.6 is 0 Å². The molecule has 2 heterocycles. The van der Waals surface area contributed by atoms with Crippen molar-refractivity contribution in [1.29, 1.82) is 0 Å². The number of ether oxygens (including phenoxy) is 2. The molecule has 2 aliphatic rings. The lowest BCUT2D eigenvalue weighted by atomic mass is 9.95. The molecule has 1 aromatic carbocycles. The van der Waals surface area contributed by atoms with E-state index in [0.717, 1.165) is 23.5 Å². The number of carbonyl (C=O) groups excluding carboxylic acids is 2. The van der Waals surface area contributed by atoms with E-state index in [4.69, 9.17) is 9.47 Å². The zero-order valence-electron chi connectivity index (χ0n) is 15.4. The molecule has 0 aromatic heterocycles. The Balaban J connectivity index is 1.68. The molecule has 142 valence electrons. The first-order chi connectivity index (χ1) is 12.5. The minimum Gasteiger partial charge on any atom is -0.490 e. The molecule has 7 heteroatoms. The summed E-state index contributed by atoms with van der Waals surface area (Å²) in [7, 11) is 0. The maximum absolute atomic E-state index is 12.5. The number of fused-ring (bicyclic) bond motifs is 1. The first-order valence-corrected chi connectivity index (χ1v) is 9.21. The summed E-state index contributed by atoms with van der Waals surface area (Å²) in [5.74, 6) is 1.58. The Labute approximate surface area is 154 Å². The molecule has 0 bridgehead atoms. The van der Waals surface area contributed by atoms with E-state index < -0.39 is 0 Å². The van der Waals surface area contributed by atoms with Crippen molar-refractivity contribution >= 4 is 11.8 Å². The minimum atomic E-state index is -0.127. The van der Waals surface area contributed by atoms with Gasteiger partial charge >= 0.3 is 0 Å². The van der Waals surface area contributed by atoms with Gasteiger partial charge in [0.2, 0.25) is 11.8 Å². The number of rotatable bonds is 5. The largest absolute Gasteiger partial charge is 0.490 e. The lowest BCUT2D eigenvalue weighted by molar-refractivity contribution is -0.127. The lowest BCUT2D eigenvalue weighted by Gasteiger charge is -2.28. The number of piperazine rings is 1. The summed E-state index contributed by atoms with van der Waals surface area (Å²) in [5, 5.41) is 5.87. The molecule has 26 heavy (non-hydrogen) atoms. The van der Waals surface area contributed by atoms with Crippen LogP contribution < -0.4 is 20.1 Å². The van der Waals surface area contributed by atoms with Gasteiger partial charge < -0.3 is 20.1 Å². The molecule has 1 aromatic rings. The molecule has 1 unspecified atom stereocenters. The van der Waals surface area contributed by atoms with Crippen LogP contribution in [0, 0.1) is 5.92 Å². The molecule has 1 atom stereocenters. The monoisotopic (exact) mass is 361 g/mol. The molecule has 3 rings (SSSR count). The Morgan fingerprint density at radius 2 is 2.04 bits per heavy atom. The summed E-state index contributed by atoms with van der Waals surface area (Å²) in [6, 6.07) is 5.72. The molecule has 2 amide bonds. The molecular formula is C19H27N3O4. The second kappa shape index (κ2) is 8.40. The van der Waals surface area contributed by atoms with Gasteiger partial charge in [0.15, 0.2) is 11.5 Å². The molecule has 0 saturated carbocycles. The number of nitrogens with zero attached hydrogens (tertiary/aromatic N) is 1. The van der Waals surface area contributed by atoms with Crippen LogP contribution in [0.1, 0.15) is 31.9 Å². The zero-order chi connectivity index (χ0) is 18.5. The number of nitrogens with one attached hydrogen (secondary N) is 2. The Morgan fingerprint density at radius 3 is 2.77 bits per heavy atom. The third-order valence-electron chi connectivity index (χ3n) is 4.60. The summed E-state index contributed by atoms with van der Waals surface area (Å²) >= 11 is 0. The highest BCUT2D eigenvalue weighted by Gasteiger charge is 2.23. The number of amides is 2. The maximum atomic E-state index is 12.5. The average molecular weight is 361 g/mol. The van der Waals surface area contributed by atoms with E-state index in [2.05, 4.69) is 24.5 Å². The van der Waals surface area contributed by atoms with Crippen molar-refractivity contribution in [1.82, 2.24) is 15.5 Å². The molecule has 1 saturated heterocycles. The van der Waals surface area contributed by atoms with E-state index >= 15 is 0 Å². The smallest absolute Gasteiger partial charge is 0.234 e. The fourth-order valence-electron chi connectivity index (χ4n) is 3.26. The van der Waals surface area contributed by atoms with Gasteiger partial charge in [-0.05, 0) is 23.6 Å². The molecule has 1 fully saturated rings. The molecule has 0 aliphatic carbocycles. The molecule has 0 radical (unpaired) electrons. The molecule has 2 aliphatic heterocycles. The van der Waals surface area contributed by atoms with Gasteiger partial charge in [-0.25, -0.2) is 0 Å². The number of benzene rings is 1. The highest BCUT2D eigenvalue weighted by molar-refractivity contribution is 5.82. The molecular weight excluding hydrogens is 334 g/mol. The highest BCUT2D eigenvalue weighted by atomic mass is 16.5. The van der Waals surface area contributed by atoms with Gasteiger partial charge in [0.05, 0.1) is 32.3 Å². The van der Waals surface area contributed by atoms with Crippen LogP contribution in [0.5, 0.6) is 11.5 Å². The third kappa shape index (κ3) is 4.66. The van der Waals surface area contributed by atoms with Gasteiger partial charge in [0.1, 0.15) is 0 Å². The molecule has 2 N–H and O–H groups in total. The summed E-state index contributed by atoms with van der Waals surface area (Å²) in [6.45, 7) is 7.19. The van der Waals surface area contributed by atoms with Crippen molar-refractivity contribution in [2.45, 2.75) is 26.3 Å². The van der Waals surface area contributed by atoms with Gasteiger partial charge in [0.25, 0.3) is 0 Å². The molecule has 0 spiro atoms. The zero-order valence-corrected chi connectivity index (χ0v) is 15.4. The maximum Gasteiger partial charge on any atom is 0.234 e. The quantitative estimate of drug-likeness (QED) is 0.821. The van der Waals surface area contributed by atoms with Crippen molar-refractivity contribution < 1.29 is 19.1 Å². The Morgan fingerprint density at radius 1 is 1.27 bits per heavy atom. The summed E-state index contributed by atoms with van der Waals surface area (Å²) < 4.78 is 11.4. The number of carbonyl (C=O) groups is 2. The summed E-state index contributed by atoms with van der Waals surface area (Å²) in [4.78, 5) is 25.8. The van der Waals surface area contributed by atoms with Crippen LogP contribution in [0.3, 0.4) is 0 Å². The van der Waals surface area contributed by atoms with E-state index in [9.17, 15) is 9.59 Å². The van der Waals surface area contributed by atoms with Crippen LogP contribution in [0.2, 0.25) is 0 Å². The summed E-state index contributed by atoms with van der Waals surface area (Å²) in [5.41, 5.74) is 0.994. The standard InChI is InChI=1S/C19H27N3O4/c1-13(2)19(21-18(24)12-22-7-6-20-17(23)11-22)14-4-5-15-16(10-14)26-9-3-8-25-15/h4-5,10,13,19H,3,6-9,11-12H2,1-2H3,(H,20,23)(H,21,24). The fourth-order valence-corrected chi connectivity index (χ4v) is 3.26. The Hall–Kier alpha value is -2.28. The first kappa shape index (κ1) is 18.5. The van der Waals surface area contributed by atoms with Gasteiger partial charge in [-0.15, -0.1) is 0 Å². The van der Waals surface area contributed by atoms with E-state index in [1.807, 2.05) is 23.1 Å². The van der Waals surface area contributed by atoms with E-state index in [-0.39, 0.29) is 36.9 Å². The average Bonchev–Trinajstić information content (AvgIpc) is 2.84. The van der Waals surface area contributed by atoms with Crippen LogP contribution in [0.15, 0.2) is 18.2 Å². The van der Waals surface area contributed by atoms with Crippen molar-refractivity contribution in [3.05, 3.63) is 23.8 Å². The second-order valence-corrected chi connectivity index (χ2v) is 7.11. The topological polar surface area (TPSA) is 79.9 Å². The lowest BCUT2D eigenvalue weighted by Crippen LogP contribution is -2.51. The number of hydrogen-bond acceptors (Lipinski definition) is 5. The minimum absolute atomic E-state index is 0.0349. The van der Waals surface area contributed by atoms with Gasteiger partial charge in [-0.1, -0.05) is 19.9 Å². The first-order valence-electron chi connectivity index (χ1n) is 9.21. The Bertz CT molecular complexity index is 662. The van der Waals surface area contributed by atoms with E-state index in [0.29, 0.717) is 26.3 Å². The van der Waals surface area contributed by atoms with Crippen molar-refractivity contribution in [2.24, 2.45) is 5.92 Å². The van der Waals surface area contributed by atoms with Crippen molar-refractivity contribution in [2.75, 3.05) is 39.4 Å². The SMILES string of the molecule is CC(C)C(NC(=O)CN1CCNC(=O)C1)c1ccc2c(c1)OCCCO2. The molecule has 7 nitrogen and oxygen atoms in total. The van der Waals surface area contributed by atoms with Crippen LogP contribution in [0.4, 0.5) is 0 Å². The van der Waals surface area contributed by atoms with Gasteiger partial charge in [-0.2, -0.15) is 0 Å². The van der Waals surface area contributed by atoms with Gasteiger partial charge in [0, 0.05) is 19.5 Å². The van der Waals surface area contributed by atoms with Crippen LogP contribution in [-0.4, -0.2) is 56.1 Å².